The second-order valence-electron chi connectivity index (χ2n) is 5.52. The molecule has 1 amide bonds. The molecule has 0 spiro atoms. The molecule has 1 atom stereocenters. The summed E-state index contributed by atoms with van der Waals surface area (Å²) in [6.45, 7) is 5.93. The van der Waals surface area contributed by atoms with Crippen LogP contribution in [-0.2, 0) is 0 Å². The van der Waals surface area contributed by atoms with E-state index in [-0.39, 0.29) is 17.7 Å². The number of benzene rings is 2. The first-order valence-corrected chi connectivity index (χ1v) is 7.54. The monoisotopic (exact) mass is 295 g/mol. The second kappa shape index (κ2) is 7.03. The Morgan fingerprint density at radius 1 is 1.00 bits per heavy atom. The predicted octanol–water partition coefficient (Wildman–Crippen LogP) is 3.75. The molecule has 1 unspecified atom stereocenters. The van der Waals surface area contributed by atoms with Gasteiger partial charge in [0.1, 0.15) is 0 Å². The molecule has 0 saturated heterocycles. The molecule has 1 N–H and O–H groups in total. The molecule has 0 saturated carbocycles. The lowest BCUT2D eigenvalue weighted by molar-refractivity contribution is 0.0929. The molecule has 2 aromatic carbocycles. The van der Waals surface area contributed by atoms with Crippen LogP contribution < -0.4 is 5.32 Å². The molecule has 0 aliphatic heterocycles. The van der Waals surface area contributed by atoms with E-state index in [0.717, 1.165) is 12.0 Å². The summed E-state index contributed by atoms with van der Waals surface area (Å²) in [7, 11) is 0. The molecule has 3 nitrogen and oxygen atoms in total. The molecule has 0 aliphatic carbocycles. The van der Waals surface area contributed by atoms with Gasteiger partial charge in [-0.15, -0.1) is 0 Å². The highest BCUT2D eigenvalue weighted by molar-refractivity contribution is 6.15. The fourth-order valence-electron chi connectivity index (χ4n) is 2.14. The zero-order valence-corrected chi connectivity index (χ0v) is 13.2. The van der Waals surface area contributed by atoms with E-state index in [1.165, 1.54) is 0 Å². The molecular formula is C19H21NO2. The number of ketones is 1. The van der Waals surface area contributed by atoms with E-state index in [9.17, 15) is 9.59 Å². The lowest BCUT2D eigenvalue weighted by Crippen LogP contribution is -2.33. The van der Waals surface area contributed by atoms with Crippen molar-refractivity contribution in [1.82, 2.24) is 5.32 Å². The largest absolute Gasteiger partial charge is 0.350 e. The summed E-state index contributed by atoms with van der Waals surface area (Å²) in [6.07, 6.45) is 0.847. The fourth-order valence-corrected chi connectivity index (χ4v) is 2.14. The third-order valence-electron chi connectivity index (χ3n) is 3.72. The van der Waals surface area contributed by atoms with Gasteiger partial charge >= 0.3 is 0 Å². The molecule has 0 radical (unpaired) electrons. The zero-order chi connectivity index (χ0) is 16.1. The smallest absolute Gasteiger partial charge is 0.252 e. The van der Waals surface area contributed by atoms with Crippen LogP contribution in [0.3, 0.4) is 0 Å². The Kier molecular flexibility index (Phi) is 5.10. The van der Waals surface area contributed by atoms with E-state index < -0.39 is 0 Å². The molecule has 22 heavy (non-hydrogen) atoms. The quantitative estimate of drug-likeness (QED) is 0.854. The van der Waals surface area contributed by atoms with Gasteiger partial charge in [-0.25, -0.2) is 0 Å². The van der Waals surface area contributed by atoms with Crippen molar-refractivity contribution in [3.63, 3.8) is 0 Å². The molecule has 0 bridgehead atoms. The Hall–Kier alpha value is -2.42. The van der Waals surface area contributed by atoms with Crippen LogP contribution in [0.25, 0.3) is 0 Å². The van der Waals surface area contributed by atoms with Gasteiger partial charge < -0.3 is 5.32 Å². The zero-order valence-electron chi connectivity index (χ0n) is 13.2. The Bertz CT molecular complexity index is 674. The van der Waals surface area contributed by atoms with Gasteiger partial charge in [-0.05, 0) is 26.3 Å². The maximum Gasteiger partial charge on any atom is 0.252 e. The summed E-state index contributed by atoms with van der Waals surface area (Å²) in [5.74, 6) is -0.333. The Balaban J connectivity index is 2.33. The van der Waals surface area contributed by atoms with Crippen molar-refractivity contribution in [2.45, 2.75) is 33.2 Å². The van der Waals surface area contributed by atoms with Crippen molar-refractivity contribution >= 4 is 11.7 Å². The van der Waals surface area contributed by atoms with Crippen LogP contribution in [0.5, 0.6) is 0 Å². The van der Waals surface area contributed by atoms with Crippen LogP contribution in [0.2, 0.25) is 0 Å². The average molecular weight is 295 g/mol. The molecule has 0 aliphatic rings. The van der Waals surface area contributed by atoms with Crippen molar-refractivity contribution in [3.8, 4) is 0 Å². The number of aryl methyl sites for hydroxylation is 1. The molecule has 2 aromatic rings. The third-order valence-corrected chi connectivity index (χ3v) is 3.72. The van der Waals surface area contributed by atoms with Gasteiger partial charge in [-0.3, -0.25) is 9.59 Å². The predicted molar refractivity (Wildman–Crippen MR) is 88.3 cm³/mol. The van der Waals surface area contributed by atoms with E-state index >= 15 is 0 Å². The second-order valence-corrected chi connectivity index (χ2v) is 5.52. The number of carbonyl (C=O) groups is 2. The number of nitrogens with one attached hydrogen (secondary N) is 1. The van der Waals surface area contributed by atoms with E-state index in [0.29, 0.717) is 16.7 Å². The number of hydrogen-bond acceptors (Lipinski definition) is 2. The number of rotatable bonds is 5. The van der Waals surface area contributed by atoms with E-state index in [1.807, 2.05) is 32.9 Å². The lowest BCUT2D eigenvalue weighted by atomic mass is 9.97. The summed E-state index contributed by atoms with van der Waals surface area (Å²) in [5.41, 5.74) is 2.55. The van der Waals surface area contributed by atoms with Crippen LogP contribution in [0.15, 0.2) is 48.5 Å². The van der Waals surface area contributed by atoms with Gasteiger partial charge in [0.05, 0.1) is 5.56 Å². The first-order valence-electron chi connectivity index (χ1n) is 7.54. The highest BCUT2D eigenvalue weighted by Gasteiger charge is 2.18. The number of hydrogen-bond donors (Lipinski definition) is 1. The van der Waals surface area contributed by atoms with Gasteiger partial charge in [0.15, 0.2) is 5.78 Å². The van der Waals surface area contributed by atoms with Crippen molar-refractivity contribution in [2.75, 3.05) is 0 Å². The molecule has 0 heterocycles. The van der Waals surface area contributed by atoms with Gasteiger partial charge in [0.2, 0.25) is 0 Å². The van der Waals surface area contributed by atoms with Crippen LogP contribution in [0, 0.1) is 6.92 Å². The van der Waals surface area contributed by atoms with Crippen molar-refractivity contribution in [1.29, 1.82) is 0 Å². The van der Waals surface area contributed by atoms with Crippen LogP contribution in [-0.4, -0.2) is 17.7 Å². The molecule has 114 valence electrons. The summed E-state index contributed by atoms with van der Waals surface area (Å²) in [5, 5.41) is 2.91. The third kappa shape index (κ3) is 3.61. The maximum atomic E-state index is 12.7. The van der Waals surface area contributed by atoms with Crippen LogP contribution >= 0.6 is 0 Å². The van der Waals surface area contributed by atoms with E-state index in [1.54, 1.807) is 36.4 Å². The number of amides is 1. The fraction of sp³-hybridized carbons (Fsp3) is 0.263. The van der Waals surface area contributed by atoms with Crippen molar-refractivity contribution < 1.29 is 9.59 Å². The minimum atomic E-state index is -0.203. The first-order chi connectivity index (χ1) is 10.5. The minimum Gasteiger partial charge on any atom is -0.350 e. The van der Waals surface area contributed by atoms with Gasteiger partial charge in [0.25, 0.3) is 5.91 Å². The molecular weight excluding hydrogens is 274 g/mol. The van der Waals surface area contributed by atoms with Crippen LogP contribution in [0.4, 0.5) is 0 Å². The normalized spacial score (nSPS) is 11.8. The molecule has 3 heteroatoms. The van der Waals surface area contributed by atoms with Gasteiger partial charge in [-0.2, -0.15) is 0 Å². The lowest BCUT2D eigenvalue weighted by Gasteiger charge is -2.13. The van der Waals surface area contributed by atoms with Gasteiger partial charge in [-0.1, -0.05) is 55.0 Å². The van der Waals surface area contributed by atoms with E-state index in [4.69, 9.17) is 0 Å². The summed E-state index contributed by atoms with van der Waals surface area (Å²) >= 11 is 0. The standard InChI is InChI=1S/C19H21NO2/c1-4-14(3)20-19(22)17-8-6-5-7-16(17)18(21)15-11-9-13(2)10-12-15/h5-12,14H,4H2,1-3H3,(H,20,22). The van der Waals surface area contributed by atoms with Crippen LogP contribution in [0.1, 0.15) is 52.1 Å². The summed E-state index contributed by atoms with van der Waals surface area (Å²) in [6, 6.07) is 14.4. The Morgan fingerprint density at radius 3 is 2.18 bits per heavy atom. The average Bonchev–Trinajstić information content (AvgIpc) is 2.54. The molecule has 0 aromatic heterocycles. The van der Waals surface area contributed by atoms with Crippen molar-refractivity contribution in [2.24, 2.45) is 0 Å². The van der Waals surface area contributed by atoms with Gasteiger partial charge in [0, 0.05) is 17.2 Å². The molecule has 0 fully saturated rings. The maximum absolute atomic E-state index is 12.7. The van der Waals surface area contributed by atoms with Crippen molar-refractivity contribution in [3.05, 3.63) is 70.8 Å². The summed E-state index contributed by atoms with van der Waals surface area (Å²) < 4.78 is 0. The number of carbonyl (C=O) groups excluding carboxylic acids is 2. The Labute approximate surface area is 131 Å². The molecule has 2 rings (SSSR count). The topological polar surface area (TPSA) is 46.2 Å². The van der Waals surface area contributed by atoms with E-state index in [2.05, 4.69) is 5.32 Å². The Morgan fingerprint density at radius 2 is 1.59 bits per heavy atom. The highest BCUT2D eigenvalue weighted by atomic mass is 16.2. The highest BCUT2D eigenvalue weighted by Crippen LogP contribution is 2.16. The first kappa shape index (κ1) is 16.0. The summed E-state index contributed by atoms with van der Waals surface area (Å²) in [4.78, 5) is 25.0. The minimum absolute atomic E-state index is 0.0787. The SMILES string of the molecule is CCC(C)NC(=O)c1ccccc1C(=O)c1ccc(C)cc1.